The molecule has 1 fully saturated rings. The molecule has 1 aliphatic rings. The Hall–Kier alpha value is -2.69. The molecule has 0 saturated carbocycles. The fourth-order valence-electron chi connectivity index (χ4n) is 4.56. The highest BCUT2D eigenvalue weighted by molar-refractivity contribution is 6.08. The first-order chi connectivity index (χ1) is 15.1. The van der Waals surface area contributed by atoms with Crippen molar-refractivity contribution in [1.29, 1.82) is 0 Å². The molecule has 0 bridgehead atoms. The summed E-state index contributed by atoms with van der Waals surface area (Å²) in [6, 6.07) is 17.0. The molecule has 162 valence electrons. The lowest BCUT2D eigenvalue weighted by Gasteiger charge is -2.21. The Labute approximate surface area is 185 Å². The van der Waals surface area contributed by atoms with Crippen LogP contribution in [0.3, 0.4) is 0 Å². The van der Waals surface area contributed by atoms with Gasteiger partial charge in [-0.25, -0.2) is 0 Å². The number of carbonyl (C=O) groups is 1. The highest BCUT2D eigenvalue weighted by atomic mass is 16.1. The molecule has 0 amide bonds. The summed E-state index contributed by atoms with van der Waals surface area (Å²) in [6.45, 7) is 10.4. The van der Waals surface area contributed by atoms with E-state index < -0.39 is 0 Å². The van der Waals surface area contributed by atoms with Crippen LogP contribution in [0.2, 0.25) is 0 Å². The van der Waals surface area contributed by atoms with Crippen LogP contribution in [0.1, 0.15) is 34.8 Å². The van der Waals surface area contributed by atoms with E-state index >= 15 is 0 Å². The quantitative estimate of drug-likeness (QED) is 0.515. The molecule has 4 nitrogen and oxygen atoms in total. The molecule has 0 N–H and O–H groups in total. The predicted molar refractivity (Wildman–Crippen MR) is 130 cm³/mol. The van der Waals surface area contributed by atoms with Crippen LogP contribution in [-0.2, 0) is 6.42 Å². The number of fused-ring (bicyclic) bond motifs is 1. The second kappa shape index (κ2) is 10.1. The van der Waals surface area contributed by atoms with Gasteiger partial charge in [-0.2, -0.15) is 0 Å². The fourth-order valence-corrected chi connectivity index (χ4v) is 4.56. The lowest BCUT2D eigenvalue weighted by molar-refractivity contribution is 0.101. The van der Waals surface area contributed by atoms with E-state index in [4.69, 9.17) is 0 Å². The number of para-hydroxylation sites is 1. The van der Waals surface area contributed by atoms with E-state index in [1.807, 2.05) is 18.3 Å². The molecule has 1 aliphatic heterocycles. The van der Waals surface area contributed by atoms with E-state index in [2.05, 4.69) is 70.0 Å². The van der Waals surface area contributed by atoms with Gasteiger partial charge in [-0.1, -0.05) is 54.6 Å². The SMILES string of the molecule is CC(=O)c1cn(/C=C/CN2CCCN(CCc3ccccc3)CC2)c2c(C)cccc12. The number of hydrogen-bond acceptors (Lipinski definition) is 3. The molecule has 1 saturated heterocycles. The summed E-state index contributed by atoms with van der Waals surface area (Å²) >= 11 is 0. The van der Waals surface area contributed by atoms with Crippen LogP contribution >= 0.6 is 0 Å². The molecule has 0 spiro atoms. The zero-order valence-corrected chi connectivity index (χ0v) is 18.8. The topological polar surface area (TPSA) is 28.5 Å². The van der Waals surface area contributed by atoms with Crippen LogP contribution in [0.4, 0.5) is 0 Å². The Morgan fingerprint density at radius 2 is 1.74 bits per heavy atom. The molecular weight excluding hydrogens is 382 g/mol. The van der Waals surface area contributed by atoms with E-state index in [0.717, 1.165) is 55.6 Å². The van der Waals surface area contributed by atoms with Crippen molar-refractivity contribution in [2.24, 2.45) is 0 Å². The lowest BCUT2D eigenvalue weighted by atomic mass is 10.1. The summed E-state index contributed by atoms with van der Waals surface area (Å²) in [4.78, 5) is 17.2. The summed E-state index contributed by atoms with van der Waals surface area (Å²) in [6.07, 6.45) is 8.67. The fraction of sp³-hybridized carbons (Fsp3) is 0.370. The second-order valence-corrected chi connectivity index (χ2v) is 8.59. The minimum atomic E-state index is 0.117. The van der Waals surface area contributed by atoms with E-state index in [-0.39, 0.29) is 5.78 Å². The number of rotatable bonds is 7. The number of hydrogen-bond donors (Lipinski definition) is 0. The Balaban J connectivity index is 1.35. The molecular formula is C27H33N3O. The summed E-state index contributed by atoms with van der Waals surface area (Å²) in [5.41, 5.74) is 4.54. The van der Waals surface area contributed by atoms with Gasteiger partial charge in [0.15, 0.2) is 5.78 Å². The maximum atomic E-state index is 12.1. The Morgan fingerprint density at radius 1 is 0.968 bits per heavy atom. The van der Waals surface area contributed by atoms with E-state index in [1.54, 1.807) is 6.92 Å². The number of Topliss-reactive ketones (excluding diaryl/α,β-unsaturated/α-hetero) is 1. The molecule has 0 unspecified atom stereocenters. The molecule has 0 atom stereocenters. The first-order valence-electron chi connectivity index (χ1n) is 11.4. The normalized spacial score (nSPS) is 16.2. The van der Waals surface area contributed by atoms with Gasteiger partial charge in [-0.15, -0.1) is 0 Å². The van der Waals surface area contributed by atoms with Crippen molar-refractivity contribution in [1.82, 2.24) is 14.4 Å². The number of aryl methyl sites for hydroxylation is 1. The summed E-state index contributed by atoms with van der Waals surface area (Å²) in [5, 5.41) is 1.04. The van der Waals surface area contributed by atoms with Crippen molar-refractivity contribution in [3.05, 3.63) is 77.5 Å². The predicted octanol–water partition coefficient (Wildman–Crippen LogP) is 4.87. The molecule has 1 aromatic heterocycles. The zero-order valence-electron chi connectivity index (χ0n) is 18.8. The number of nitrogens with zero attached hydrogens (tertiary/aromatic N) is 3. The van der Waals surface area contributed by atoms with Gasteiger partial charge in [0.2, 0.25) is 0 Å². The molecule has 2 heterocycles. The average molecular weight is 416 g/mol. The van der Waals surface area contributed by atoms with Gasteiger partial charge in [0.05, 0.1) is 5.52 Å². The molecule has 0 radical (unpaired) electrons. The average Bonchev–Trinajstić information content (AvgIpc) is 3.00. The third kappa shape index (κ3) is 5.33. The molecule has 4 rings (SSSR count). The van der Waals surface area contributed by atoms with Crippen LogP contribution in [0.5, 0.6) is 0 Å². The van der Waals surface area contributed by atoms with E-state index in [0.29, 0.717) is 0 Å². The van der Waals surface area contributed by atoms with Crippen LogP contribution < -0.4 is 0 Å². The summed E-state index contributed by atoms with van der Waals surface area (Å²) < 4.78 is 2.12. The van der Waals surface area contributed by atoms with Gasteiger partial charge in [0.25, 0.3) is 0 Å². The van der Waals surface area contributed by atoms with Crippen LogP contribution in [0, 0.1) is 6.92 Å². The maximum absolute atomic E-state index is 12.1. The van der Waals surface area contributed by atoms with Crippen molar-refractivity contribution in [3.8, 4) is 0 Å². The molecule has 4 heteroatoms. The largest absolute Gasteiger partial charge is 0.323 e. The van der Waals surface area contributed by atoms with Crippen LogP contribution in [0.15, 0.2) is 60.8 Å². The Kier molecular flexibility index (Phi) is 7.00. The summed E-state index contributed by atoms with van der Waals surface area (Å²) in [7, 11) is 0. The van der Waals surface area contributed by atoms with Crippen LogP contribution in [0.25, 0.3) is 17.1 Å². The highest BCUT2D eigenvalue weighted by Gasteiger charge is 2.14. The number of aromatic nitrogens is 1. The van der Waals surface area contributed by atoms with Gasteiger partial charge < -0.3 is 9.47 Å². The van der Waals surface area contributed by atoms with Crippen molar-refractivity contribution < 1.29 is 4.79 Å². The third-order valence-electron chi connectivity index (χ3n) is 6.30. The Morgan fingerprint density at radius 3 is 2.55 bits per heavy atom. The molecule has 0 aliphatic carbocycles. The minimum absolute atomic E-state index is 0.117. The highest BCUT2D eigenvalue weighted by Crippen LogP contribution is 2.25. The Bertz CT molecular complexity index is 1050. The third-order valence-corrected chi connectivity index (χ3v) is 6.30. The minimum Gasteiger partial charge on any atom is -0.323 e. The van der Waals surface area contributed by atoms with E-state index in [9.17, 15) is 4.79 Å². The van der Waals surface area contributed by atoms with Gasteiger partial charge >= 0.3 is 0 Å². The van der Waals surface area contributed by atoms with Crippen molar-refractivity contribution in [2.75, 3.05) is 39.3 Å². The molecule has 31 heavy (non-hydrogen) atoms. The van der Waals surface area contributed by atoms with Gasteiger partial charge in [0, 0.05) is 49.5 Å². The number of carbonyl (C=O) groups excluding carboxylic acids is 1. The zero-order chi connectivity index (χ0) is 21.6. The van der Waals surface area contributed by atoms with Crippen LogP contribution in [-0.4, -0.2) is 59.4 Å². The second-order valence-electron chi connectivity index (χ2n) is 8.59. The molecule has 2 aromatic carbocycles. The van der Waals surface area contributed by atoms with E-state index in [1.165, 1.54) is 24.1 Å². The van der Waals surface area contributed by atoms with Gasteiger partial charge in [-0.3, -0.25) is 9.69 Å². The van der Waals surface area contributed by atoms with Gasteiger partial charge in [0.1, 0.15) is 0 Å². The smallest absolute Gasteiger partial charge is 0.161 e. The molecule has 3 aromatic rings. The first kappa shape index (κ1) is 21.5. The number of benzene rings is 2. The standard InChI is InChI=1S/C27H33N3O/c1-22-9-6-12-25-26(23(2)31)21-30(27(22)25)17-8-16-28-14-7-15-29(20-19-28)18-13-24-10-4-3-5-11-24/h3-6,8-12,17,21H,7,13-16,18-20H2,1-2H3/b17-8+. The maximum Gasteiger partial charge on any atom is 0.161 e. The van der Waals surface area contributed by atoms with Crippen molar-refractivity contribution in [3.63, 3.8) is 0 Å². The monoisotopic (exact) mass is 415 g/mol. The number of ketones is 1. The van der Waals surface area contributed by atoms with Gasteiger partial charge in [-0.05, 0) is 50.9 Å². The summed E-state index contributed by atoms with van der Waals surface area (Å²) in [5.74, 6) is 0.117. The lowest BCUT2D eigenvalue weighted by Crippen LogP contribution is -2.32. The van der Waals surface area contributed by atoms with Crippen molar-refractivity contribution >= 4 is 22.9 Å². The first-order valence-corrected chi connectivity index (χ1v) is 11.4. The van der Waals surface area contributed by atoms with Crippen molar-refractivity contribution in [2.45, 2.75) is 26.7 Å².